The number of carbonyl (C=O) groups is 1. The largest absolute Gasteiger partial charge is 0.332 e. The molecule has 2 aromatic rings. The van der Waals surface area contributed by atoms with E-state index in [-0.39, 0.29) is 11.9 Å². The summed E-state index contributed by atoms with van der Waals surface area (Å²) in [6, 6.07) is 10.6. The van der Waals surface area contributed by atoms with Gasteiger partial charge in [0.1, 0.15) is 6.04 Å². The predicted octanol–water partition coefficient (Wildman–Crippen LogP) is 1.94. The first-order chi connectivity index (χ1) is 10.9. The SMILES string of the molecule is Cc1nn(C)c(C)c1NC(=O)C[NH2+][C@H](c1ccccc1)C(C)C. The van der Waals surface area contributed by atoms with E-state index in [2.05, 4.69) is 41.7 Å². The molecule has 1 aromatic heterocycles. The van der Waals surface area contributed by atoms with Crippen LogP contribution in [0.2, 0.25) is 0 Å². The minimum Gasteiger partial charge on any atom is -0.332 e. The molecule has 5 heteroatoms. The summed E-state index contributed by atoms with van der Waals surface area (Å²) in [5, 5.41) is 9.43. The molecule has 0 aliphatic heterocycles. The molecule has 1 heterocycles. The first-order valence-corrected chi connectivity index (χ1v) is 8.08. The fourth-order valence-electron chi connectivity index (χ4n) is 2.85. The van der Waals surface area contributed by atoms with Crippen molar-refractivity contribution in [1.29, 1.82) is 0 Å². The van der Waals surface area contributed by atoms with Crippen LogP contribution in [0.15, 0.2) is 30.3 Å². The van der Waals surface area contributed by atoms with Crippen LogP contribution in [0, 0.1) is 19.8 Å². The number of quaternary nitrogens is 1. The van der Waals surface area contributed by atoms with E-state index in [1.807, 2.05) is 39.1 Å². The van der Waals surface area contributed by atoms with E-state index in [9.17, 15) is 4.79 Å². The van der Waals surface area contributed by atoms with Crippen molar-refractivity contribution in [3.8, 4) is 0 Å². The average Bonchev–Trinajstić information content (AvgIpc) is 2.74. The van der Waals surface area contributed by atoms with Gasteiger partial charge in [-0.25, -0.2) is 0 Å². The van der Waals surface area contributed by atoms with Gasteiger partial charge in [0, 0.05) is 18.5 Å². The fraction of sp³-hybridized carbons (Fsp3) is 0.444. The Morgan fingerprint density at radius 3 is 2.43 bits per heavy atom. The Hall–Kier alpha value is -2.14. The van der Waals surface area contributed by atoms with Gasteiger partial charge in [0.25, 0.3) is 5.91 Å². The molecule has 0 spiro atoms. The Kier molecular flexibility index (Phi) is 5.55. The topological polar surface area (TPSA) is 63.5 Å². The number of aryl methyl sites for hydroxylation is 2. The monoisotopic (exact) mass is 315 g/mol. The van der Waals surface area contributed by atoms with E-state index < -0.39 is 0 Å². The van der Waals surface area contributed by atoms with Gasteiger partial charge in [0.05, 0.1) is 17.1 Å². The Bertz CT molecular complexity index is 661. The van der Waals surface area contributed by atoms with E-state index in [0.29, 0.717) is 12.5 Å². The summed E-state index contributed by atoms with van der Waals surface area (Å²) in [7, 11) is 1.88. The minimum atomic E-state index is 0.00535. The predicted molar refractivity (Wildman–Crippen MR) is 92.1 cm³/mol. The van der Waals surface area contributed by atoms with Crippen LogP contribution < -0.4 is 10.6 Å². The number of carbonyl (C=O) groups excluding carboxylic acids is 1. The number of hydrogen-bond donors (Lipinski definition) is 2. The standard InChI is InChI=1S/C18H26N4O/c1-12(2)17(15-9-7-6-8-10-15)19-11-16(23)20-18-13(3)21-22(5)14(18)4/h6-10,12,17,19H,11H2,1-5H3,(H,20,23)/p+1/t17-/m0/s1. The molecule has 1 atom stereocenters. The van der Waals surface area contributed by atoms with Crippen molar-refractivity contribution in [2.24, 2.45) is 13.0 Å². The van der Waals surface area contributed by atoms with Crippen molar-refractivity contribution in [2.45, 2.75) is 33.7 Å². The highest BCUT2D eigenvalue weighted by atomic mass is 16.1. The normalized spacial score (nSPS) is 12.4. The molecule has 0 saturated carbocycles. The molecule has 2 rings (SSSR count). The van der Waals surface area contributed by atoms with Gasteiger partial charge in [0.15, 0.2) is 6.54 Å². The molecule has 0 bridgehead atoms. The van der Waals surface area contributed by atoms with Crippen LogP contribution in [-0.2, 0) is 11.8 Å². The van der Waals surface area contributed by atoms with Crippen molar-refractivity contribution in [3.05, 3.63) is 47.3 Å². The summed E-state index contributed by atoms with van der Waals surface area (Å²) in [5.41, 5.74) is 3.90. The highest BCUT2D eigenvalue weighted by molar-refractivity contribution is 5.92. The molecule has 0 fully saturated rings. The average molecular weight is 315 g/mol. The summed E-state index contributed by atoms with van der Waals surface area (Å²) in [5.74, 6) is 0.456. The number of nitrogens with zero attached hydrogens (tertiary/aromatic N) is 2. The second-order valence-corrected chi connectivity index (χ2v) is 6.34. The van der Waals surface area contributed by atoms with Gasteiger partial charge in [-0.05, 0) is 13.8 Å². The number of aromatic nitrogens is 2. The lowest BCUT2D eigenvalue weighted by Gasteiger charge is -2.19. The van der Waals surface area contributed by atoms with Crippen molar-refractivity contribution < 1.29 is 10.1 Å². The number of nitrogens with two attached hydrogens (primary N) is 1. The Balaban J connectivity index is 2.00. The third kappa shape index (κ3) is 4.20. The van der Waals surface area contributed by atoms with Gasteiger partial charge in [0.2, 0.25) is 0 Å². The molecule has 0 aliphatic rings. The molecular weight excluding hydrogens is 288 g/mol. The van der Waals surface area contributed by atoms with Gasteiger partial charge in [-0.3, -0.25) is 9.48 Å². The van der Waals surface area contributed by atoms with E-state index in [1.54, 1.807) is 4.68 Å². The van der Waals surface area contributed by atoms with Crippen LogP contribution in [0.5, 0.6) is 0 Å². The number of benzene rings is 1. The van der Waals surface area contributed by atoms with E-state index >= 15 is 0 Å². The number of nitrogens with one attached hydrogen (secondary N) is 1. The zero-order valence-corrected chi connectivity index (χ0v) is 14.6. The minimum absolute atomic E-state index is 0.00535. The molecule has 124 valence electrons. The lowest BCUT2D eigenvalue weighted by atomic mass is 9.96. The van der Waals surface area contributed by atoms with E-state index in [4.69, 9.17) is 0 Å². The van der Waals surface area contributed by atoms with E-state index in [0.717, 1.165) is 17.1 Å². The highest BCUT2D eigenvalue weighted by Crippen LogP contribution is 2.18. The van der Waals surface area contributed by atoms with Crippen LogP contribution >= 0.6 is 0 Å². The molecule has 0 unspecified atom stereocenters. The smallest absolute Gasteiger partial charge is 0.279 e. The zero-order valence-electron chi connectivity index (χ0n) is 14.6. The molecule has 0 radical (unpaired) electrons. The van der Waals surface area contributed by atoms with Gasteiger partial charge < -0.3 is 10.6 Å². The summed E-state index contributed by atoms with van der Waals surface area (Å²) in [4.78, 5) is 12.3. The number of anilines is 1. The molecule has 0 saturated heterocycles. The maximum absolute atomic E-state index is 12.3. The third-order valence-corrected chi connectivity index (χ3v) is 4.23. The van der Waals surface area contributed by atoms with Crippen LogP contribution in [0.4, 0.5) is 5.69 Å². The lowest BCUT2D eigenvalue weighted by Crippen LogP contribution is -2.88. The van der Waals surface area contributed by atoms with Crippen molar-refractivity contribution in [2.75, 3.05) is 11.9 Å². The van der Waals surface area contributed by atoms with Gasteiger partial charge in [-0.15, -0.1) is 0 Å². The highest BCUT2D eigenvalue weighted by Gasteiger charge is 2.21. The maximum atomic E-state index is 12.3. The van der Waals surface area contributed by atoms with Crippen LogP contribution in [0.1, 0.15) is 36.8 Å². The number of rotatable bonds is 6. The zero-order chi connectivity index (χ0) is 17.0. The fourth-order valence-corrected chi connectivity index (χ4v) is 2.85. The first-order valence-electron chi connectivity index (χ1n) is 8.08. The van der Waals surface area contributed by atoms with Crippen LogP contribution in [0.25, 0.3) is 0 Å². The number of amides is 1. The molecule has 1 aromatic carbocycles. The van der Waals surface area contributed by atoms with E-state index in [1.165, 1.54) is 5.56 Å². The van der Waals surface area contributed by atoms with Crippen LogP contribution in [0.3, 0.4) is 0 Å². The summed E-state index contributed by atoms with van der Waals surface area (Å²) in [6.07, 6.45) is 0. The molecule has 1 amide bonds. The molecule has 3 N–H and O–H groups in total. The van der Waals surface area contributed by atoms with Crippen molar-refractivity contribution in [3.63, 3.8) is 0 Å². The molecule has 23 heavy (non-hydrogen) atoms. The third-order valence-electron chi connectivity index (χ3n) is 4.23. The van der Waals surface area contributed by atoms with Gasteiger partial charge in [-0.1, -0.05) is 44.2 Å². The summed E-state index contributed by atoms with van der Waals surface area (Å²) < 4.78 is 1.79. The second kappa shape index (κ2) is 7.42. The quantitative estimate of drug-likeness (QED) is 0.855. The Morgan fingerprint density at radius 2 is 1.91 bits per heavy atom. The molecular formula is C18H27N4O+. The molecule has 5 nitrogen and oxygen atoms in total. The Morgan fingerprint density at radius 1 is 1.26 bits per heavy atom. The van der Waals surface area contributed by atoms with Crippen molar-refractivity contribution in [1.82, 2.24) is 9.78 Å². The number of hydrogen-bond acceptors (Lipinski definition) is 2. The first kappa shape index (κ1) is 17.2. The lowest BCUT2D eigenvalue weighted by molar-refractivity contribution is -0.692. The van der Waals surface area contributed by atoms with Crippen LogP contribution in [-0.4, -0.2) is 22.2 Å². The van der Waals surface area contributed by atoms with Gasteiger partial charge >= 0.3 is 0 Å². The summed E-state index contributed by atoms with van der Waals surface area (Å²) >= 11 is 0. The van der Waals surface area contributed by atoms with Gasteiger partial charge in [-0.2, -0.15) is 5.10 Å². The Labute approximate surface area is 138 Å². The maximum Gasteiger partial charge on any atom is 0.279 e. The van der Waals surface area contributed by atoms with Crippen molar-refractivity contribution >= 4 is 11.6 Å². The second-order valence-electron chi connectivity index (χ2n) is 6.34. The summed E-state index contributed by atoms with van der Waals surface area (Å²) in [6.45, 7) is 8.63. The molecule has 0 aliphatic carbocycles.